The summed E-state index contributed by atoms with van der Waals surface area (Å²) in [4.78, 5) is 0. The van der Waals surface area contributed by atoms with Gasteiger partial charge in [-0.15, -0.1) is 0 Å². The third-order valence-electron chi connectivity index (χ3n) is 11.6. The summed E-state index contributed by atoms with van der Waals surface area (Å²) >= 11 is 0. The van der Waals surface area contributed by atoms with Crippen LogP contribution in [0.25, 0.3) is 72.0 Å². The Morgan fingerprint density at radius 3 is 1.78 bits per heavy atom. The summed E-state index contributed by atoms with van der Waals surface area (Å²) in [5, 5.41) is 2.56. The van der Waals surface area contributed by atoms with Crippen LogP contribution in [0.4, 0.5) is 0 Å². The highest BCUT2D eigenvalue weighted by Gasteiger charge is 2.35. The van der Waals surface area contributed by atoms with Crippen LogP contribution in [0.5, 0.6) is 0 Å². The highest BCUT2D eigenvalue weighted by molar-refractivity contribution is 6.10. The standard InChI is InChI=1S/C41H33N.C13H12/c1-26-18-19-28(23-33(26)34-25-35-31-14-8-10-16-37(31)41(3,4)38(35)22-27(34)2)29-20-21-40-36(24-29)32-15-9-11-17-39(32)42(40)30-12-6-5-7-13-30;1-11-6-5-9-13(10-11)12-7-3-2-4-8-12/h5-25H,1-4H3;2-10H,1H3. The number of para-hydroxylation sites is 2. The van der Waals surface area contributed by atoms with E-state index in [1.807, 2.05) is 6.07 Å². The van der Waals surface area contributed by atoms with E-state index in [0.717, 1.165) is 0 Å². The van der Waals surface area contributed by atoms with Crippen molar-refractivity contribution in [3.05, 3.63) is 210 Å². The maximum atomic E-state index is 2.45. The van der Waals surface area contributed by atoms with Crippen molar-refractivity contribution in [1.82, 2.24) is 4.57 Å². The normalized spacial score (nSPS) is 12.6. The van der Waals surface area contributed by atoms with Crippen LogP contribution in [0.1, 0.15) is 41.7 Å². The van der Waals surface area contributed by atoms with Crippen LogP contribution in [0.15, 0.2) is 182 Å². The average Bonchev–Trinajstić information content (AvgIpc) is 3.66. The summed E-state index contributed by atoms with van der Waals surface area (Å²) in [6.45, 7) is 11.3. The molecule has 0 saturated carbocycles. The van der Waals surface area contributed by atoms with E-state index < -0.39 is 0 Å². The molecular formula is C54H45N. The van der Waals surface area contributed by atoms with E-state index in [9.17, 15) is 0 Å². The summed E-state index contributed by atoms with van der Waals surface area (Å²) in [5.41, 5.74) is 20.9. The van der Waals surface area contributed by atoms with Gasteiger partial charge in [0.2, 0.25) is 0 Å². The summed E-state index contributed by atoms with van der Waals surface area (Å²) in [5.74, 6) is 0. The van der Waals surface area contributed by atoms with Crippen molar-refractivity contribution in [2.24, 2.45) is 0 Å². The van der Waals surface area contributed by atoms with Crippen LogP contribution < -0.4 is 0 Å². The van der Waals surface area contributed by atoms with E-state index in [1.54, 1.807) is 0 Å². The molecule has 0 N–H and O–H groups in total. The predicted molar refractivity (Wildman–Crippen MR) is 235 cm³/mol. The Morgan fingerprint density at radius 1 is 0.364 bits per heavy atom. The van der Waals surface area contributed by atoms with Gasteiger partial charge in [-0.05, 0) is 130 Å². The molecule has 0 amide bonds. The molecule has 8 aromatic carbocycles. The molecule has 266 valence electrons. The molecule has 0 bridgehead atoms. The third-order valence-corrected chi connectivity index (χ3v) is 11.6. The maximum Gasteiger partial charge on any atom is 0.0541 e. The largest absolute Gasteiger partial charge is 0.309 e. The fourth-order valence-corrected chi connectivity index (χ4v) is 8.70. The van der Waals surface area contributed by atoms with Crippen molar-refractivity contribution >= 4 is 21.8 Å². The Kier molecular flexibility index (Phi) is 8.59. The molecule has 9 aromatic rings. The van der Waals surface area contributed by atoms with Crippen LogP contribution >= 0.6 is 0 Å². The zero-order valence-electron chi connectivity index (χ0n) is 32.3. The Labute approximate surface area is 325 Å². The van der Waals surface area contributed by atoms with E-state index in [1.165, 1.54) is 99.8 Å². The number of fused-ring (bicyclic) bond motifs is 6. The molecule has 1 heteroatoms. The molecule has 1 nitrogen and oxygen atoms in total. The molecule has 0 atom stereocenters. The van der Waals surface area contributed by atoms with Gasteiger partial charge in [0.1, 0.15) is 0 Å². The minimum absolute atomic E-state index is 0.0143. The lowest BCUT2D eigenvalue weighted by Crippen LogP contribution is -2.15. The number of hydrogen-bond acceptors (Lipinski definition) is 0. The summed E-state index contributed by atoms with van der Waals surface area (Å²) < 4.78 is 2.38. The molecule has 1 aromatic heterocycles. The van der Waals surface area contributed by atoms with Gasteiger partial charge in [0, 0.05) is 21.9 Å². The molecule has 0 saturated heterocycles. The lowest BCUT2D eigenvalue weighted by Gasteiger charge is -2.22. The quantitative estimate of drug-likeness (QED) is 0.172. The van der Waals surface area contributed by atoms with E-state index in [-0.39, 0.29) is 5.41 Å². The molecule has 1 heterocycles. The topological polar surface area (TPSA) is 4.93 Å². The molecular weight excluding hydrogens is 663 g/mol. The SMILES string of the molecule is Cc1ccc(-c2ccc3c(c2)c2ccccc2n3-c2ccccc2)cc1-c1cc2c(cc1C)C(C)(C)c1ccccc1-2.Cc1cccc(-c2ccccc2)c1. The fraction of sp³-hybridized carbons (Fsp3) is 0.111. The van der Waals surface area contributed by atoms with Crippen LogP contribution in [0, 0.1) is 20.8 Å². The first-order chi connectivity index (χ1) is 26.8. The smallest absolute Gasteiger partial charge is 0.0541 e. The van der Waals surface area contributed by atoms with Crippen LogP contribution in [0.2, 0.25) is 0 Å². The van der Waals surface area contributed by atoms with E-state index >= 15 is 0 Å². The molecule has 0 spiro atoms. The molecule has 1 aliphatic rings. The van der Waals surface area contributed by atoms with E-state index in [0.29, 0.717) is 0 Å². The van der Waals surface area contributed by atoms with Gasteiger partial charge in [-0.3, -0.25) is 0 Å². The van der Waals surface area contributed by atoms with E-state index in [2.05, 4.69) is 215 Å². The number of benzene rings is 8. The molecule has 0 radical (unpaired) electrons. The van der Waals surface area contributed by atoms with Crippen LogP contribution in [-0.2, 0) is 5.41 Å². The van der Waals surface area contributed by atoms with Gasteiger partial charge in [-0.1, -0.05) is 159 Å². The van der Waals surface area contributed by atoms with Gasteiger partial charge in [0.05, 0.1) is 11.0 Å². The second-order valence-corrected chi connectivity index (χ2v) is 15.6. The van der Waals surface area contributed by atoms with Crippen molar-refractivity contribution in [3.63, 3.8) is 0 Å². The zero-order chi connectivity index (χ0) is 37.7. The molecule has 55 heavy (non-hydrogen) atoms. The minimum atomic E-state index is 0.0143. The highest BCUT2D eigenvalue weighted by atomic mass is 15.0. The van der Waals surface area contributed by atoms with Crippen LogP contribution in [-0.4, -0.2) is 4.57 Å². The van der Waals surface area contributed by atoms with Gasteiger partial charge in [0.15, 0.2) is 0 Å². The zero-order valence-corrected chi connectivity index (χ0v) is 32.3. The number of aryl methyl sites for hydroxylation is 3. The Hall–Kier alpha value is -6.44. The second kappa shape index (κ2) is 13.8. The van der Waals surface area contributed by atoms with Crippen molar-refractivity contribution in [2.45, 2.75) is 40.0 Å². The number of rotatable bonds is 4. The van der Waals surface area contributed by atoms with Gasteiger partial charge in [0.25, 0.3) is 0 Å². The lowest BCUT2D eigenvalue weighted by molar-refractivity contribution is 0.660. The fourth-order valence-electron chi connectivity index (χ4n) is 8.70. The Morgan fingerprint density at radius 2 is 0.982 bits per heavy atom. The van der Waals surface area contributed by atoms with Crippen molar-refractivity contribution in [3.8, 4) is 50.2 Å². The Bertz CT molecular complexity index is 2850. The Balaban J connectivity index is 0.000000258. The molecule has 1 aliphatic carbocycles. The first kappa shape index (κ1) is 34.3. The van der Waals surface area contributed by atoms with Crippen LogP contribution in [0.3, 0.4) is 0 Å². The molecule has 0 fully saturated rings. The molecule has 0 aliphatic heterocycles. The lowest BCUT2D eigenvalue weighted by atomic mass is 9.81. The first-order valence-corrected chi connectivity index (χ1v) is 19.3. The third kappa shape index (κ3) is 6.07. The molecule has 0 unspecified atom stereocenters. The summed E-state index contributed by atoms with van der Waals surface area (Å²) in [6, 6.07) is 66.1. The highest BCUT2D eigenvalue weighted by Crippen LogP contribution is 2.50. The number of hydrogen-bond donors (Lipinski definition) is 0. The van der Waals surface area contributed by atoms with Gasteiger partial charge < -0.3 is 4.57 Å². The van der Waals surface area contributed by atoms with Crippen molar-refractivity contribution < 1.29 is 0 Å². The first-order valence-electron chi connectivity index (χ1n) is 19.3. The monoisotopic (exact) mass is 707 g/mol. The second-order valence-electron chi connectivity index (χ2n) is 15.6. The van der Waals surface area contributed by atoms with E-state index in [4.69, 9.17) is 0 Å². The van der Waals surface area contributed by atoms with Gasteiger partial charge in [-0.25, -0.2) is 0 Å². The maximum absolute atomic E-state index is 2.45. The molecule has 10 rings (SSSR count). The van der Waals surface area contributed by atoms with Gasteiger partial charge in [-0.2, -0.15) is 0 Å². The summed E-state index contributed by atoms with van der Waals surface area (Å²) in [6.07, 6.45) is 0. The summed E-state index contributed by atoms with van der Waals surface area (Å²) in [7, 11) is 0. The number of nitrogens with zero attached hydrogens (tertiary/aromatic N) is 1. The minimum Gasteiger partial charge on any atom is -0.309 e. The van der Waals surface area contributed by atoms with Crippen molar-refractivity contribution in [1.29, 1.82) is 0 Å². The van der Waals surface area contributed by atoms with Crippen molar-refractivity contribution in [2.75, 3.05) is 0 Å². The predicted octanol–water partition coefficient (Wildman–Crippen LogP) is 14.7. The average molecular weight is 708 g/mol. The van der Waals surface area contributed by atoms with Gasteiger partial charge >= 0.3 is 0 Å². The number of aromatic nitrogens is 1.